The lowest BCUT2D eigenvalue weighted by molar-refractivity contribution is -1.30. The van der Waals surface area contributed by atoms with Crippen LogP contribution in [0.3, 0.4) is 0 Å². The summed E-state index contributed by atoms with van der Waals surface area (Å²) in [5.74, 6) is 0.447. The highest BCUT2D eigenvalue weighted by Gasteiger charge is 2.19. The highest BCUT2D eigenvalue weighted by molar-refractivity contribution is 5.78. The summed E-state index contributed by atoms with van der Waals surface area (Å²) in [6.07, 6.45) is 16.8. The van der Waals surface area contributed by atoms with Crippen molar-refractivity contribution in [2.75, 3.05) is 0 Å². The van der Waals surface area contributed by atoms with E-state index in [0.29, 0.717) is 5.78 Å². The topological polar surface area (TPSA) is 24.8 Å². The number of pyridine rings is 2. The lowest BCUT2D eigenvalue weighted by atomic mass is 10.0. The van der Waals surface area contributed by atoms with Gasteiger partial charge in [0.05, 0.1) is 9.35 Å². The second-order valence-electron chi connectivity index (χ2n) is 6.79. The van der Waals surface area contributed by atoms with E-state index in [1.54, 1.807) is 0 Å². The Morgan fingerprint density at radius 2 is 1.46 bits per heavy atom. The Hall–Kier alpha value is -2.03. The lowest BCUT2D eigenvalue weighted by Crippen LogP contribution is -2.67. The van der Waals surface area contributed by atoms with Crippen LogP contribution in [0.2, 0.25) is 0 Å². The van der Waals surface area contributed by atoms with Gasteiger partial charge < -0.3 is 0 Å². The summed E-state index contributed by atoms with van der Waals surface area (Å²) in [7, 11) is 0. The van der Waals surface area contributed by atoms with Crippen molar-refractivity contribution in [2.45, 2.75) is 64.2 Å². The number of Topliss-reactive ketones (excluding diaryl/α,β-unsaturated/α-hetero) is 1. The largest absolute Gasteiger partial charge is 0.300 e. The first kappa shape index (κ1) is 16.8. The molecule has 3 rings (SSSR count). The second kappa shape index (κ2) is 8.72. The van der Waals surface area contributed by atoms with Gasteiger partial charge in [0.25, 0.3) is 5.69 Å². The third-order valence-corrected chi connectivity index (χ3v) is 4.83. The molecule has 0 radical (unpaired) electrons. The first-order chi connectivity index (χ1) is 11.8. The molecule has 0 saturated heterocycles. The van der Waals surface area contributed by atoms with Crippen LogP contribution in [0.1, 0.15) is 62.6 Å². The molecule has 0 atom stereocenters. The number of aromatic nitrogens is 2. The van der Waals surface area contributed by atoms with Crippen LogP contribution in [-0.4, -0.2) is 5.78 Å². The quantitative estimate of drug-likeness (QED) is 0.682. The van der Waals surface area contributed by atoms with E-state index in [1.807, 2.05) is 0 Å². The van der Waals surface area contributed by atoms with Gasteiger partial charge in [0.15, 0.2) is 0 Å². The number of ketones is 1. The van der Waals surface area contributed by atoms with Crippen molar-refractivity contribution in [3.8, 4) is 0 Å². The Morgan fingerprint density at radius 3 is 2.33 bits per heavy atom. The maximum absolute atomic E-state index is 11.9. The molecule has 2 aromatic rings. The lowest BCUT2D eigenvalue weighted by Gasteiger charge is -2.04. The van der Waals surface area contributed by atoms with Crippen LogP contribution in [-0.2, 0) is 17.6 Å². The summed E-state index contributed by atoms with van der Waals surface area (Å²) in [6, 6.07) is 10.7. The maximum atomic E-state index is 11.9. The minimum atomic E-state index is 0.447. The molecule has 0 saturated carbocycles. The van der Waals surface area contributed by atoms with Crippen LogP contribution in [0.15, 0.2) is 48.9 Å². The minimum absolute atomic E-state index is 0.447. The fraction of sp³-hybridized carbons (Fsp3) is 0.476. The van der Waals surface area contributed by atoms with Crippen LogP contribution in [0.4, 0.5) is 0 Å². The number of fused-ring (bicyclic) bond motifs is 4. The maximum Gasteiger partial charge on any atom is 0.253 e. The summed E-state index contributed by atoms with van der Waals surface area (Å²) in [6.45, 7) is 0. The summed E-state index contributed by atoms with van der Waals surface area (Å²) < 4.78 is 4.40. The Morgan fingerprint density at radius 1 is 0.708 bits per heavy atom. The van der Waals surface area contributed by atoms with E-state index in [0.717, 1.165) is 44.9 Å². The zero-order valence-corrected chi connectivity index (χ0v) is 14.5. The number of nitrogens with zero attached hydrogens (tertiary/aromatic N) is 2. The van der Waals surface area contributed by atoms with Gasteiger partial charge in [0, 0.05) is 43.0 Å². The van der Waals surface area contributed by atoms with Gasteiger partial charge in [-0.2, -0.15) is 0 Å². The molecular formula is C21H28N2O+2. The minimum Gasteiger partial charge on any atom is -0.300 e. The average molecular weight is 324 g/mol. The molecule has 126 valence electrons. The predicted molar refractivity (Wildman–Crippen MR) is 93.4 cm³/mol. The van der Waals surface area contributed by atoms with Crippen molar-refractivity contribution in [1.29, 1.82) is 0 Å². The average Bonchev–Trinajstić information content (AvgIpc) is 2.61. The van der Waals surface area contributed by atoms with Crippen molar-refractivity contribution in [2.24, 2.45) is 0 Å². The molecule has 1 aliphatic rings. The number of aryl methyl sites for hydroxylation is 2. The van der Waals surface area contributed by atoms with Crippen LogP contribution in [0.25, 0.3) is 0 Å². The number of hydrogen-bond donors (Lipinski definition) is 0. The number of carbonyl (C=O) groups excluding carboxylic acids is 1. The molecule has 0 aromatic carbocycles. The summed E-state index contributed by atoms with van der Waals surface area (Å²) in [5, 5.41) is 0. The summed E-state index contributed by atoms with van der Waals surface area (Å²) in [4.78, 5) is 11.9. The monoisotopic (exact) mass is 324 g/mol. The Balaban J connectivity index is 1.82. The molecule has 2 bridgehead atoms. The molecule has 0 unspecified atom stereocenters. The van der Waals surface area contributed by atoms with E-state index in [1.165, 1.54) is 30.5 Å². The van der Waals surface area contributed by atoms with Crippen molar-refractivity contribution < 1.29 is 14.1 Å². The van der Waals surface area contributed by atoms with Crippen LogP contribution >= 0.6 is 0 Å². The highest BCUT2D eigenvalue weighted by Crippen LogP contribution is 2.11. The zero-order valence-electron chi connectivity index (χ0n) is 14.5. The number of hydrogen-bond acceptors (Lipinski definition) is 1. The SMILES string of the molecule is O=C1CCCCCCc2ccc[n+](c2)-[n+]2ccccc2CCCC1. The molecule has 2 aromatic heterocycles. The molecule has 0 amide bonds. The van der Waals surface area contributed by atoms with Crippen molar-refractivity contribution >= 4 is 5.78 Å². The van der Waals surface area contributed by atoms with Crippen LogP contribution < -0.4 is 9.35 Å². The third kappa shape index (κ3) is 4.73. The first-order valence-corrected chi connectivity index (χ1v) is 9.35. The van der Waals surface area contributed by atoms with Gasteiger partial charge in [0.2, 0.25) is 18.6 Å². The normalized spacial score (nSPS) is 17.2. The molecule has 3 heteroatoms. The van der Waals surface area contributed by atoms with E-state index in [2.05, 4.69) is 58.3 Å². The summed E-state index contributed by atoms with van der Waals surface area (Å²) >= 11 is 0. The van der Waals surface area contributed by atoms with Gasteiger partial charge in [-0.15, -0.1) is 0 Å². The van der Waals surface area contributed by atoms with Gasteiger partial charge in [-0.1, -0.05) is 12.8 Å². The van der Waals surface area contributed by atoms with Crippen molar-refractivity contribution in [3.63, 3.8) is 0 Å². The molecule has 0 fully saturated rings. The Bertz CT molecular complexity index is 681. The number of rotatable bonds is 0. The zero-order chi connectivity index (χ0) is 16.6. The molecule has 24 heavy (non-hydrogen) atoms. The molecule has 0 spiro atoms. The fourth-order valence-corrected chi connectivity index (χ4v) is 3.44. The van der Waals surface area contributed by atoms with Gasteiger partial charge >= 0.3 is 0 Å². The van der Waals surface area contributed by atoms with E-state index in [-0.39, 0.29) is 0 Å². The molecule has 0 aliphatic carbocycles. The summed E-state index contributed by atoms with van der Waals surface area (Å²) in [5.41, 5.74) is 2.67. The van der Waals surface area contributed by atoms with Crippen LogP contribution in [0, 0.1) is 0 Å². The molecular weight excluding hydrogens is 296 g/mol. The number of carbonyl (C=O) groups is 1. The fourth-order valence-electron chi connectivity index (χ4n) is 3.44. The molecule has 3 heterocycles. The third-order valence-electron chi connectivity index (χ3n) is 4.83. The van der Waals surface area contributed by atoms with Gasteiger partial charge in [-0.05, 0) is 44.2 Å². The first-order valence-electron chi connectivity index (χ1n) is 9.35. The Labute approximate surface area is 144 Å². The van der Waals surface area contributed by atoms with Gasteiger partial charge in [-0.25, -0.2) is 0 Å². The van der Waals surface area contributed by atoms with Crippen LogP contribution in [0.5, 0.6) is 0 Å². The molecule has 1 aliphatic heterocycles. The Kier molecular flexibility index (Phi) is 6.11. The molecule has 3 nitrogen and oxygen atoms in total. The predicted octanol–water partition coefficient (Wildman–Crippen LogP) is 3.36. The van der Waals surface area contributed by atoms with Gasteiger partial charge in [-0.3, -0.25) is 4.79 Å². The smallest absolute Gasteiger partial charge is 0.253 e. The standard InChI is InChI=1S/C21H28N2O/c24-21-14-4-2-1-3-10-19-11-9-16-22(18-19)23-17-8-7-13-20(23)12-5-6-15-21/h7-9,11,13,16-18H,1-6,10,12,14-15H2/q+2. The molecule has 0 N–H and O–H groups in total. The van der Waals surface area contributed by atoms with Crippen molar-refractivity contribution in [3.05, 3.63) is 60.2 Å². The highest BCUT2D eigenvalue weighted by atomic mass is 16.1. The van der Waals surface area contributed by atoms with E-state index in [9.17, 15) is 4.79 Å². The van der Waals surface area contributed by atoms with E-state index in [4.69, 9.17) is 0 Å². The second-order valence-corrected chi connectivity index (χ2v) is 6.79. The van der Waals surface area contributed by atoms with Gasteiger partial charge in [0.1, 0.15) is 5.78 Å². The van der Waals surface area contributed by atoms with E-state index >= 15 is 0 Å². The van der Waals surface area contributed by atoms with Crippen molar-refractivity contribution in [1.82, 2.24) is 0 Å². The van der Waals surface area contributed by atoms with E-state index < -0.39 is 0 Å².